The van der Waals surface area contributed by atoms with Crippen LogP contribution in [0.3, 0.4) is 0 Å². The Morgan fingerprint density at radius 1 is 1.15 bits per heavy atom. The van der Waals surface area contributed by atoms with Gasteiger partial charge in [-0.2, -0.15) is 9.29 Å². The Hall–Kier alpha value is -2.33. The standard InChI is InChI=1S/C16H23N5O4S/c1-10-9-20(5-6-21(10)26(4,22)23)16-18-12-8-14(25-3)13(24-2)7-11(12)15(17)19-16/h7-8,10H,5-6,9H2,1-4H3,(H2,17,18,19)/t10-/m0/s1. The molecule has 1 atom stereocenters. The van der Waals surface area contributed by atoms with Crippen molar-refractivity contribution in [3.05, 3.63) is 12.1 Å². The quantitative estimate of drug-likeness (QED) is 0.824. The summed E-state index contributed by atoms with van der Waals surface area (Å²) in [6, 6.07) is 3.33. The Bertz CT molecular complexity index is 934. The first kappa shape index (κ1) is 18.5. The zero-order valence-corrected chi connectivity index (χ0v) is 16.1. The van der Waals surface area contributed by atoms with Gasteiger partial charge in [0.05, 0.1) is 26.0 Å². The van der Waals surface area contributed by atoms with Crippen LogP contribution in [0.2, 0.25) is 0 Å². The first-order valence-electron chi connectivity index (χ1n) is 8.15. The molecule has 1 aliphatic heterocycles. The van der Waals surface area contributed by atoms with Gasteiger partial charge in [-0.3, -0.25) is 0 Å². The molecule has 0 bridgehead atoms. The fourth-order valence-corrected chi connectivity index (χ4v) is 4.36. The van der Waals surface area contributed by atoms with Gasteiger partial charge in [-0.05, 0) is 13.0 Å². The summed E-state index contributed by atoms with van der Waals surface area (Å²) < 4.78 is 35.8. The van der Waals surface area contributed by atoms with E-state index in [0.717, 1.165) is 0 Å². The number of rotatable bonds is 4. The lowest BCUT2D eigenvalue weighted by molar-refractivity contribution is 0.307. The van der Waals surface area contributed by atoms with Gasteiger partial charge in [-0.25, -0.2) is 13.4 Å². The molecule has 1 saturated heterocycles. The zero-order chi connectivity index (χ0) is 19.1. The summed E-state index contributed by atoms with van der Waals surface area (Å²) in [6.07, 6.45) is 1.23. The molecule has 1 aromatic carbocycles. The van der Waals surface area contributed by atoms with E-state index in [2.05, 4.69) is 9.97 Å². The lowest BCUT2D eigenvalue weighted by atomic mass is 10.2. The Kier molecular flexibility index (Phi) is 4.80. The van der Waals surface area contributed by atoms with E-state index in [0.29, 0.717) is 53.8 Å². The van der Waals surface area contributed by atoms with Crippen molar-refractivity contribution in [2.45, 2.75) is 13.0 Å². The zero-order valence-electron chi connectivity index (χ0n) is 15.3. The number of aromatic nitrogens is 2. The van der Waals surface area contributed by atoms with E-state index >= 15 is 0 Å². The fraction of sp³-hybridized carbons (Fsp3) is 0.500. The van der Waals surface area contributed by atoms with Crippen molar-refractivity contribution >= 4 is 32.7 Å². The molecular weight excluding hydrogens is 358 g/mol. The van der Waals surface area contributed by atoms with E-state index < -0.39 is 10.0 Å². The second-order valence-corrected chi connectivity index (χ2v) is 8.24. The van der Waals surface area contributed by atoms with Gasteiger partial charge < -0.3 is 20.1 Å². The molecule has 2 heterocycles. The maximum Gasteiger partial charge on any atom is 0.227 e. The largest absolute Gasteiger partial charge is 0.493 e. The number of hydrogen-bond acceptors (Lipinski definition) is 8. The van der Waals surface area contributed by atoms with Crippen LogP contribution in [0.25, 0.3) is 10.9 Å². The summed E-state index contributed by atoms with van der Waals surface area (Å²) >= 11 is 0. The SMILES string of the molecule is COc1cc2nc(N3CCN(S(C)(=O)=O)[C@@H](C)C3)nc(N)c2cc1OC. The number of anilines is 2. The predicted molar refractivity (Wildman–Crippen MR) is 100 cm³/mol. The van der Waals surface area contributed by atoms with E-state index in [1.165, 1.54) is 10.6 Å². The molecule has 0 unspecified atom stereocenters. The summed E-state index contributed by atoms with van der Waals surface area (Å²) in [5.74, 6) is 1.92. The fourth-order valence-electron chi connectivity index (χ4n) is 3.22. The van der Waals surface area contributed by atoms with Crippen LogP contribution in [0, 0.1) is 0 Å². The van der Waals surface area contributed by atoms with E-state index in [9.17, 15) is 8.42 Å². The van der Waals surface area contributed by atoms with E-state index in [1.807, 2.05) is 11.8 Å². The van der Waals surface area contributed by atoms with E-state index in [1.54, 1.807) is 26.4 Å². The molecule has 9 nitrogen and oxygen atoms in total. The van der Waals surface area contributed by atoms with Crippen molar-refractivity contribution in [2.75, 3.05) is 50.7 Å². The van der Waals surface area contributed by atoms with E-state index in [-0.39, 0.29) is 6.04 Å². The number of benzene rings is 1. The molecule has 0 radical (unpaired) electrons. The first-order chi connectivity index (χ1) is 12.2. The van der Waals surface area contributed by atoms with Crippen LogP contribution < -0.4 is 20.1 Å². The molecular formula is C16H23N5O4S. The van der Waals surface area contributed by atoms with Crippen molar-refractivity contribution in [2.24, 2.45) is 0 Å². The average molecular weight is 381 g/mol. The van der Waals surface area contributed by atoms with Gasteiger partial charge >= 0.3 is 0 Å². The molecule has 0 spiro atoms. The van der Waals surface area contributed by atoms with Crippen LogP contribution >= 0.6 is 0 Å². The third-order valence-corrected chi connectivity index (χ3v) is 5.89. The maximum absolute atomic E-state index is 11.8. The summed E-state index contributed by atoms with van der Waals surface area (Å²) in [7, 11) is -0.119. The number of sulfonamides is 1. The highest BCUT2D eigenvalue weighted by atomic mass is 32.2. The van der Waals surface area contributed by atoms with Crippen molar-refractivity contribution < 1.29 is 17.9 Å². The van der Waals surface area contributed by atoms with Gasteiger partial charge in [-0.1, -0.05) is 0 Å². The Labute approximate surface area is 152 Å². The lowest BCUT2D eigenvalue weighted by Crippen LogP contribution is -2.54. The lowest BCUT2D eigenvalue weighted by Gasteiger charge is -2.38. The van der Waals surface area contributed by atoms with Crippen LogP contribution in [0.15, 0.2) is 12.1 Å². The minimum Gasteiger partial charge on any atom is -0.493 e. The first-order valence-corrected chi connectivity index (χ1v) is 10.0. The smallest absolute Gasteiger partial charge is 0.227 e. The minimum atomic E-state index is -3.23. The number of fused-ring (bicyclic) bond motifs is 1. The summed E-state index contributed by atoms with van der Waals surface area (Å²) in [5.41, 5.74) is 6.77. The van der Waals surface area contributed by atoms with Crippen molar-refractivity contribution in [3.8, 4) is 11.5 Å². The van der Waals surface area contributed by atoms with Crippen molar-refractivity contribution in [1.29, 1.82) is 0 Å². The van der Waals surface area contributed by atoms with Crippen LogP contribution in [0.5, 0.6) is 11.5 Å². The van der Waals surface area contributed by atoms with Crippen LogP contribution in [-0.4, -0.2) is 68.8 Å². The van der Waals surface area contributed by atoms with Crippen LogP contribution in [0.1, 0.15) is 6.92 Å². The molecule has 2 aromatic rings. The molecule has 142 valence electrons. The highest BCUT2D eigenvalue weighted by Crippen LogP contribution is 2.34. The Balaban J connectivity index is 1.97. The maximum atomic E-state index is 11.8. The van der Waals surface area contributed by atoms with Gasteiger partial charge in [0.15, 0.2) is 11.5 Å². The number of methoxy groups -OCH3 is 2. The molecule has 3 rings (SSSR count). The number of hydrogen-bond donors (Lipinski definition) is 1. The normalized spacial score (nSPS) is 18.9. The van der Waals surface area contributed by atoms with Gasteiger partial charge in [0.1, 0.15) is 5.82 Å². The highest BCUT2D eigenvalue weighted by molar-refractivity contribution is 7.88. The molecule has 1 aromatic heterocycles. The van der Waals surface area contributed by atoms with Crippen molar-refractivity contribution in [3.63, 3.8) is 0 Å². The summed E-state index contributed by atoms with van der Waals surface area (Å²) in [5, 5.41) is 0.675. The van der Waals surface area contributed by atoms with Crippen LogP contribution in [0.4, 0.5) is 11.8 Å². The third-order valence-electron chi connectivity index (χ3n) is 4.49. The summed E-state index contributed by atoms with van der Waals surface area (Å²) in [6.45, 7) is 3.24. The number of nitrogens with zero attached hydrogens (tertiary/aromatic N) is 4. The molecule has 1 fully saturated rings. The topological polar surface area (TPSA) is 111 Å². The number of ether oxygens (including phenoxy) is 2. The Morgan fingerprint density at radius 2 is 1.81 bits per heavy atom. The number of nitrogens with two attached hydrogens (primary N) is 1. The van der Waals surface area contributed by atoms with Crippen molar-refractivity contribution in [1.82, 2.24) is 14.3 Å². The Morgan fingerprint density at radius 3 is 2.38 bits per heavy atom. The second-order valence-electron chi connectivity index (χ2n) is 6.30. The summed E-state index contributed by atoms with van der Waals surface area (Å²) in [4.78, 5) is 10.9. The minimum absolute atomic E-state index is 0.176. The molecule has 0 amide bonds. The average Bonchev–Trinajstić information content (AvgIpc) is 2.59. The predicted octanol–water partition coefficient (Wildman–Crippen LogP) is 0.699. The van der Waals surface area contributed by atoms with E-state index in [4.69, 9.17) is 15.2 Å². The number of piperazine rings is 1. The van der Waals surface area contributed by atoms with Gasteiger partial charge in [0.25, 0.3) is 0 Å². The highest BCUT2D eigenvalue weighted by Gasteiger charge is 2.31. The molecule has 26 heavy (non-hydrogen) atoms. The molecule has 10 heteroatoms. The van der Waals surface area contributed by atoms with Crippen LogP contribution in [-0.2, 0) is 10.0 Å². The second kappa shape index (κ2) is 6.76. The monoisotopic (exact) mass is 381 g/mol. The van der Waals surface area contributed by atoms with Gasteiger partial charge in [0, 0.05) is 37.1 Å². The molecule has 1 aliphatic rings. The number of nitrogen functional groups attached to an aromatic ring is 1. The third kappa shape index (κ3) is 3.34. The molecule has 2 N–H and O–H groups in total. The van der Waals surface area contributed by atoms with Gasteiger partial charge in [0.2, 0.25) is 16.0 Å². The molecule has 0 saturated carbocycles. The van der Waals surface area contributed by atoms with Gasteiger partial charge in [-0.15, -0.1) is 0 Å². The molecule has 0 aliphatic carbocycles.